The number of rotatable bonds is 2. The summed E-state index contributed by atoms with van der Waals surface area (Å²) in [5.41, 5.74) is 2.02. The summed E-state index contributed by atoms with van der Waals surface area (Å²) in [6, 6.07) is 6.47. The van der Waals surface area contributed by atoms with Gasteiger partial charge in [-0.3, -0.25) is 4.79 Å². The first-order chi connectivity index (χ1) is 11.8. The molecule has 1 saturated heterocycles. The van der Waals surface area contributed by atoms with Crippen molar-refractivity contribution >= 4 is 11.6 Å². The van der Waals surface area contributed by atoms with Gasteiger partial charge in [0.15, 0.2) is 0 Å². The number of carbonyl (C=O) groups is 1. The van der Waals surface area contributed by atoms with Crippen LogP contribution in [0.2, 0.25) is 0 Å². The van der Waals surface area contributed by atoms with Crippen LogP contribution in [0.15, 0.2) is 28.8 Å². The van der Waals surface area contributed by atoms with Crippen molar-refractivity contribution < 1.29 is 13.7 Å². The maximum atomic E-state index is 13.1. The van der Waals surface area contributed by atoms with Gasteiger partial charge in [-0.1, -0.05) is 25.9 Å². The zero-order valence-corrected chi connectivity index (χ0v) is 15.2. The van der Waals surface area contributed by atoms with Crippen molar-refractivity contribution in [1.82, 2.24) is 10.1 Å². The molecular weight excluding hydrogens is 321 g/mol. The van der Waals surface area contributed by atoms with Crippen LogP contribution in [0.3, 0.4) is 0 Å². The molecule has 0 aliphatic carbocycles. The molecule has 25 heavy (non-hydrogen) atoms. The molecule has 1 aromatic carbocycles. The molecule has 0 atom stereocenters. The molecule has 1 fully saturated rings. The van der Waals surface area contributed by atoms with Crippen LogP contribution in [-0.2, 0) is 5.41 Å². The minimum atomic E-state index is -0.251. The van der Waals surface area contributed by atoms with E-state index in [0.717, 1.165) is 5.69 Å². The molecule has 5 nitrogen and oxygen atoms in total. The van der Waals surface area contributed by atoms with Gasteiger partial charge >= 0.3 is 0 Å². The molecule has 2 heterocycles. The number of carbonyl (C=O) groups excluding carboxylic acids is 1. The maximum Gasteiger partial charge on any atom is 0.259 e. The number of aromatic nitrogens is 1. The Morgan fingerprint density at radius 3 is 2.28 bits per heavy atom. The minimum absolute atomic E-state index is 0.0255. The van der Waals surface area contributed by atoms with E-state index in [2.05, 4.69) is 10.1 Å². The normalized spacial score (nSPS) is 15.6. The summed E-state index contributed by atoms with van der Waals surface area (Å²) in [5.74, 6) is 0.300. The summed E-state index contributed by atoms with van der Waals surface area (Å²) in [7, 11) is 0. The number of halogens is 1. The first-order valence-corrected chi connectivity index (χ1v) is 8.54. The fraction of sp³-hybridized carbons (Fsp3) is 0.474. The van der Waals surface area contributed by atoms with Gasteiger partial charge in [0, 0.05) is 37.3 Å². The number of hydrogen-bond acceptors (Lipinski definition) is 4. The fourth-order valence-corrected chi connectivity index (χ4v) is 3.11. The van der Waals surface area contributed by atoms with E-state index in [1.54, 1.807) is 19.1 Å². The highest BCUT2D eigenvalue weighted by Gasteiger charge is 2.32. The average Bonchev–Trinajstić information content (AvgIpc) is 2.97. The van der Waals surface area contributed by atoms with Crippen molar-refractivity contribution in [2.24, 2.45) is 0 Å². The molecule has 0 saturated carbocycles. The van der Waals surface area contributed by atoms with Gasteiger partial charge in [0.2, 0.25) is 0 Å². The summed E-state index contributed by atoms with van der Waals surface area (Å²) in [4.78, 5) is 17.0. The van der Waals surface area contributed by atoms with E-state index in [4.69, 9.17) is 4.52 Å². The zero-order chi connectivity index (χ0) is 18.2. The van der Waals surface area contributed by atoms with E-state index >= 15 is 0 Å². The highest BCUT2D eigenvalue weighted by molar-refractivity contribution is 5.96. The molecule has 134 valence electrons. The summed E-state index contributed by atoms with van der Waals surface area (Å²) in [5, 5.41) is 4.11. The monoisotopic (exact) mass is 345 g/mol. The third-order valence-corrected chi connectivity index (χ3v) is 4.55. The van der Waals surface area contributed by atoms with Gasteiger partial charge in [-0.25, -0.2) is 4.39 Å². The first-order valence-electron chi connectivity index (χ1n) is 8.54. The SMILES string of the molecule is Cc1onc(C(C)(C)C)c1C(=O)N1CCN(c2ccc(F)cc2)CC1. The number of benzene rings is 1. The molecular formula is C19H24FN3O2. The molecule has 1 aromatic heterocycles. The van der Waals surface area contributed by atoms with Crippen molar-refractivity contribution in [1.29, 1.82) is 0 Å². The topological polar surface area (TPSA) is 49.6 Å². The van der Waals surface area contributed by atoms with Crippen LogP contribution in [0, 0.1) is 12.7 Å². The molecule has 3 rings (SSSR count). The molecule has 1 aliphatic heterocycles. The molecule has 0 spiro atoms. The van der Waals surface area contributed by atoms with Crippen molar-refractivity contribution in [3.8, 4) is 0 Å². The number of hydrogen-bond donors (Lipinski definition) is 0. The Balaban J connectivity index is 1.72. The Morgan fingerprint density at radius 2 is 1.72 bits per heavy atom. The molecule has 0 N–H and O–H groups in total. The summed E-state index contributed by atoms with van der Waals surface area (Å²) >= 11 is 0. The van der Waals surface area contributed by atoms with E-state index < -0.39 is 0 Å². The second-order valence-electron chi connectivity index (χ2n) is 7.47. The van der Waals surface area contributed by atoms with Gasteiger partial charge in [0.25, 0.3) is 5.91 Å². The maximum absolute atomic E-state index is 13.1. The van der Waals surface area contributed by atoms with Gasteiger partial charge < -0.3 is 14.3 Å². The lowest BCUT2D eigenvalue weighted by molar-refractivity contribution is 0.0743. The van der Waals surface area contributed by atoms with Crippen molar-refractivity contribution in [2.45, 2.75) is 33.1 Å². The molecule has 2 aromatic rings. The largest absolute Gasteiger partial charge is 0.368 e. The Bertz CT molecular complexity index is 754. The Morgan fingerprint density at radius 1 is 1.12 bits per heavy atom. The number of aryl methyl sites for hydroxylation is 1. The van der Waals surface area contributed by atoms with E-state index in [-0.39, 0.29) is 17.1 Å². The van der Waals surface area contributed by atoms with E-state index in [0.29, 0.717) is 43.2 Å². The Labute approximate surface area is 147 Å². The highest BCUT2D eigenvalue weighted by atomic mass is 19.1. The van der Waals surface area contributed by atoms with Crippen LogP contribution >= 0.6 is 0 Å². The van der Waals surface area contributed by atoms with Crippen molar-refractivity contribution in [2.75, 3.05) is 31.1 Å². The lowest BCUT2D eigenvalue weighted by Gasteiger charge is -2.36. The third-order valence-electron chi connectivity index (χ3n) is 4.55. The van der Waals surface area contributed by atoms with E-state index in [1.807, 2.05) is 25.7 Å². The number of nitrogens with zero attached hydrogens (tertiary/aromatic N) is 3. The quantitative estimate of drug-likeness (QED) is 0.837. The van der Waals surface area contributed by atoms with Crippen LogP contribution in [0.25, 0.3) is 0 Å². The summed E-state index contributed by atoms with van der Waals surface area (Å²) in [6.07, 6.45) is 0. The van der Waals surface area contributed by atoms with Gasteiger partial charge in [-0.05, 0) is 31.2 Å². The standard InChI is InChI=1S/C19H24FN3O2/c1-13-16(17(21-25-13)19(2,3)4)18(24)23-11-9-22(10-12-23)15-7-5-14(20)6-8-15/h5-8H,9-12H2,1-4H3. The second-order valence-corrected chi connectivity index (χ2v) is 7.47. The Kier molecular flexibility index (Phi) is 4.54. The van der Waals surface area contributed by atoms with Crippen LogP contribution in [0.4, 0.5) is 10.1 Å². The fourth-order valence-electron chi connectivity index (χ4n) is 3.11. The average molecular weight is 345 g/mol. The highest BCUT2D eigenvalue weighted by Crippen LogP contribution is 2.28. The van der Waals surface area contributed by atoms with Crippen LogP contribution < -0.4 is 4.90 Å². The molecule has 6 heteroatoms. The van der Waals surface area contributed by atoms with Gasteiger partial charge in [-0.15, -0.1) is 0 Å². The molecule has 1 amide bonds. The molecule has 0 bridgehead atoms. The third kappa shape index (κ3) is 3.52. The zero-order valence-electron chi connectivity index (χ0n) is 15.2. The number of amides is 1. The molecule has 1 aliphatic rings. The smallest absolute Gasteiger partial charge is 0.259 e. The predicted molar refractivity (Wildman–Crippen MR) is 94.5 cm³/mol. The number of anilines is 1. The van der Waals surface area contributed by atoms with Gasteiger partial charge in [0.05, 0.1) is 0 Å². The molecule has 0 unspecified atom stereocenters. The molecule has 0 radical (unpaired) electrons. The van der Waals surface area contributed by atoms with Crippen molar-refractivity contribution in [3.05, 3.63) is 47.1 Å². The van der Waals surface area contributed by atoms with Gasteiger partial charge in [-0.2, -0.15) is 0 Å². The number of piperazine rings is 1. The van der Waals surface area contributed by atoms with Crippen LogP contribution in [0.5, 0.6) is 0 Å². The van der Waals surface area contributed by atoms with E-state index in [1.165, 1.54) is 12.1 Å². The minimum Gasteiger partial charge on any atom is -0.368 e. The summed E-state index contributed by atoms with van der Waals surface area (Å²) < 4.78 is 18.4. The van der Waals surface area contributed by atoms with E-state index in [9.17, 15) is 9.18 Å². The Hall–Kier alpha value is -2.37. The predicted octanol–water partition coefficient (Wildman–Crippen LogP) is 3.38. The second kappa shape index (κ2) is 6.50. The summed E-state index contributed by atoms with van der Waals surface area (Å²) in [6.45, 7) is 10.5. The van der Waals surface area contributed by atoms with Crippen LogP contribution in [-0.4, -0.2) is 42.1 Å². The first kappa shape index (κ1) is 17.5. The van der Waals surface area contributed by atoms with Gasteiger partial charge in [0.1, 0.15) is 22.8 Å². The van der Waals surface area contributed by atoms with Crippen molar-refractivity contribution in [3.63, 3.8) is 0 Å². The lowest BCUT2D eigenvalue weighted by Crippen LogP contribution is -2.49. The van der Waals surface area contributed by atoms with Crippen LogP contribution in [0.1, 0.15) is 42.6 Å². The lowest BCUT2D eigenvalue weighted by atomic mass is 9.88.